The molecular weight excluding hydrogens is 403 g/mol. The molecule has 1 heterocycles. The Balaban J connectivity index is 2.10. The number of hydrogen-bond acceptors (Lipinski definition) is 4. The molecule has 29 heavy (non-hydrogen) atoms. The third-order valence-corrected chi connectivity index (χ3v) is 6.28. The lowest BCUT2D eigenvalue weighted by Crippen LogP contribution is -2.21. The highest BCUT2D eigenvalue weighted by Gasteiger charge is 2.29. The Morgan fingerprint density at radius 2 is 1.83 bits per heavy atom. The average molecular weight is 425 g/mol. The molecule has 0 aliphatic carbocycles. The van der Waals surface area contributed by atoms with Crippen LogP contribution in [0.15, 0.2) is 48.7 Å². The second-order valence-corrected chi connectivity index (χ2v) is 9.38. The minimum atomic E-state index is -4.48. The summed E-state index contributed by atoms with van der Waals surface area (Å²) >= 11 is 0. The maximum absolute atomic E-state index is 12.7. The predicted octanol–water partition coefficient (Wildman–Crippen LogP) is 4.40. The van der Waals surface area contributed by atoms with Gasteiger partial charge < -0.3 is 9.64 Å². The number of ether oxygens (including phenoxy) is 1. The van der Waals surface area contributed by atoms with Crippen LogP contribution in [0.4, 0.5) is 13.2 Å². The summed E-state index contributed by atoms with van der Waals surface area (Å²) in [6, 6.07) is 12.2. The quantitative estimate of drug-likeness (QED) is 0.689. The molecule has 0 bridgehead atoms. The SMILES string of the molecule is CCS(=O)(=O)Cc1ccc(OCC(F)(F)F)c(C2=CN(C)Cc3ccccc32)c1. The van der Waals surface area contributed by atoms with Crippen LogP contribution in [0.25, 0.3) is 5.57 Å². The van der Waals surface area contributed by atoms with Crippen LogP contribution < -0.4 is 4.74 Å². The van der Waals surface area contributed by atoms with Gasteiger partial charge in [0.25, 0.3) is 0 Å². The van der Waals surface area contributed by atoms with E-state index in [9.17, 15) is 21.6 Å². The first-order valence-electron chi connectivity index (χ1n) is 9.11. The van der Waals surface area contributed by atoms with Crippen LogP contribution in [0.1, 0.15) is 29.2 Å². The van der Waals surface area contributed by atoms with E-state index in [0.717, 1.165) is 11.1 Å². The van der Waals surface area contributed by atoms with Gasteiger partial charge in [-0.3, -0.25) is 0 Å². The fourth-order valence-electron chi connectivity index (χ4n) is 3.26. The molecule has 0 saturated heterocycles. The van der Waals surface area contributed by atoms with Crippen LogP contribution in [0.5, 0.6) is 5.75 Å². The largest absolute Gasteiger partial charge is 0.483 e. The standard InChI is InChI=1S/C21H22F3NO3S/c1-3-29(26,27)13-15-8-9-20(28-14-21(22,23)24)18(10-15)19-12-25(2)11-16-6-4-5-7-17(16)19/h4-10,12H,3,11,13-14H2,1-2H3. The fraction of sp³-hybridized carbons (Fsp3) is 0.333. The molecular formula is C21H22F3NO3S. The van der Waals surface area contributed by atoms with Crippen molar-refractivity contribution in [2.45, 2.75) is 25.4 Å². The summed E-state index contributed by atoms with van der Waals surface area (Å²) in [5.41, 5.74) is 3.56. The van der Waals surface area contributed by atoms with Crippen molar-refractivity contribution in [2.75, 3.05) is 19.4 Å². The van der Waals surface area contributed by atoms with Crippen molar-refractivity contribution >= 4 is 15.4 Å². The first-order chi connectivity index (χ1) is 13.6. The molecule has 0 radical (unpaired) electrons. The fourth-order valence-corrected chi connectivity index (χ4v) is 4.15. The van der Waals surface area contributed by atoms with Crippen LogP contribution in [-0.4, -0.2) is 38.9 Å². The summed E-state index contributed by atoms with van der Waals surface area (Å²) in [5, 5.41) is 0. The van der Waals surface area contributed by atoms with Crippen molar-refractivity contribution < 1.29 is 26.3 Å². The first kappa shape index (κ1) is 21.2. The van der Waals surface area contributed by atoms with Crippen LogP contribution in [-0.2, 0) is 22.1 Å². The molecule has 1 aliphatic rings. The topological polar surface area (TPSA) is 46.6 Å². The van der Waals surface area contributed by atoms with Gasteiger partial charge in [-0.1, -0.05) is 37.3 Å². The minimum absolute atomic E-state index is 0.0110. The first-order valence-corrected chi connectivity index (χ1v) is 10.9. The smallest absolute Gasteiger partial charge is 0.422 e. The van der Waals surface area contributed by atoms with E-state index in [1.807, 2.05) is 42.4 Å². The van der Waals surface area contributed by atoms with Gasteiger partial charge in [0.15, 0.2) is 16.4 Å². The highest BCUT2D eigenvalue weighted by atomic mass is 32.2. The highest BCUT2D eigenvalue weighted by Crippen LogP contribution is 2.37. The van der Waals surface area contributed by atoms with Crippen molar-refractivity contribution in [1.29, 1.82) is 0 Å². The van der Waals surface area contributed by atoms with Crippen molar-refractivity contribution in [3.63, 3.8) is 0 Å². The average Bonchev–Trinajstić information content (AvgIpc) is 2.65. The van der Waals surface area contributed by atoms with E-state index in [-0.39, 0.29) is 17.3 Å². The Labute approximate surface area is 168 Å². The van der Waals surface area contributed by atoms with E-state index in [2.05, 4.69) is 0 Å². The van der Waals surface area contributed by atoms with Crippen molar-refractivity contribution in [2.24, 2.45) is 0 Å². The molecule has 0 fully saturated rings. The maximum Gasteiger partial charge on any atom is 0.422 e. The van der Waals surface area contributed by atoms with E-state index in [1.165, 1.54) is 12.1 Å². The van der Waals surface area contributed by atoms with Crippen molar-refractivity contribution in [1.82, 2.24) is 4.90 Å². The molecule has 0 amide bonds. The highest BCUT2D eigenvalue weighted by molar-refractivity contribution is 7.90. The number of hydrogen-bond donors (Lipinski definition) is 0. The number of halogens is 3. The molecule has 0 aromatic heterocycles. The summed E-state index contributed by atoms with van der Waals surface area (Å²) in [6.07, 6.45) is -2.63. The Morgan fingerprint density at radius 3 is 2.52 bits per heavy atom. The van der Waals surface area contributed by atoms with Gasteiger partial charge >= 0.3 is 6.18 Å². The van der Waals surface area contributed by atoms with Gasteiger partial charge in [0, 0.05) is 36.7 Å². The lowest BCUT2D eigenvalue weighted by Gasteiger charge is -2.27. The predicted molar refractivity (Wildman–Crippen MR) is 106 cm³/mol. The summed E-state index contributed by atoms with van der Waals surface area (Å²) in [5.74, 6) is -0.125. The third-order valence-electron chi connectivity index (χ3n) is 4.63. The Kier molecular flexibility index (Phi) is 5.93. The molecule has 0 spiro atoms. The van der Waals surface area contributed by atoms with Crippen molar-refractivity contribution in [3.8, 4) is 5.75 Å². The number of fused-ring (bicyclic) bond motifs is 1. The Bertz CT molecular complexity index is 1030. The van der Waals surface area contributed by atoms with E-state index in [0.29, 0.717) is 23.2 Å². The summed E-state index contributed by atoms with van der Waals surface area (Å²) < 4.78 is 67.4. The maximum atomic E-state index is 12.7. The van der Waals surface area contributed by atoms with Gasteiger partial charge in [0.05, 0.1) is 5.75 Å². The van der Waals surface area contributed by atoms with Gasteiger partial charge in [-0.15, -0.1) is 0 Å². The van der Waals surface area contributed by atoms with Crippen LogP contribution in [0, 0.1) is 0 Å². The lowest BCUT2D eigenvalue weighted by atomic mass is 9.90. The Hall–Kier alpha value is -2.48. The van der Waals surface area contributed by atoms with Crippen LogP contribution in [0.3, 0.4) is 0 Å². The number of benzene rings is 2. The molecule has 0 saturated carbocycles. The second-order valence-electron chi connectivity index (χ2n) is 7.03. The van der Waals surface area contributed by atoms with Crippen molar-refractivity contribution in [3.05, 3.63) is 70.9 Å². The van der Waals surface area contributed by atoms with E-state index in [4.69, 9.17) is 4.74 Å². The molecule has 1 aliphatic heterocycles. The van der Waals surface area contributed by atoms with Gasteiger partial charge in [-0.25, -0.2) is 8.42 Å². The summed E-state index contributed by atoms with van der Waals surface area (Å²) in [7, 11) is -1.42. The van der Waals surface area contributed by atoms with E-state index >= 15 is 0 Å². The molecule has 0 N–H and O–H groups in total. The zero-order chi connectivity index (χ0) is 21.2. The molecule has 2 aromatic rings. The molecule has 8 heteroatoms. The second kappa shape index (κ2) is 8.10. The normalized spacial score (nSPS) is 14.4. The molecule has 3 rings (SSSR count). The molecule has 4 nitrogen and oxygen atoms in total. The number of sulfone groups is 1. The molecule has 2 aromatic carbocycles. The minimum Gasteiger partial charge on any atom is -0.483 e. The third kappa shape index (κ3) is 5.32. The molecule has 156 valence electrons. The summed E-state index contributed by atoms with van der Waals surface area (Å²) in [4.78, 5) is 1.93. The zero-order valence-corrected chi connectivity index (χ0v) is 17.0. The van der Waals surface area contributed by atoms with Gasteiger partial charge in [-0.2, -0.15) is 13.2 Å². The number of nitrogens with zero attached hydrogens (tertiary/aromatic N) is 1. The zero-order valence-electron chi connectivity index (χ0n) is 16.2. The van der Waals surface area contributed by atoms with Gasteiger partial charge in [-0.05, 0) is 28.8 Å². The van der Waals surface area contributed by atoms with E-state index in [1.54, 1.807) is 13.0 Å². The summed E-state index contributed by atoms with van der Waals surface area (Å²) in [6.45, 7) is 0.811. The van der Waals surface area contributed by atoms with Crippen LogP contribution in [0.2, 0.25) is 0 Å². The number of alkyl halides is 3. The number of rotatable bonds is 6. The molecule has 0 unspecified atom stereocenters. The Morgan fingerprint density at radius 1 is 1.10 bits per heavy atom. The monoisotopic (exact) mass is 425 g/mol. The van der Waals surface area contributed by atoms with Gasteiger partial charge in [0.2, 0.25) is 0 Å². The van der Waals surface area contributed by atoms with E-state index < -0.39 is 22.6 Å². The van der Waals surface area contributed by atoms with Crippen LogP contribution >= 0.6 is 0 Å². The van der Waals surface area contributed by atoms with Gasteiger partial charge in [0.1, 0.15) is 5.75 Å². The lowest BCUT2D eigenvalue weighted by molar-refractivity contribution is -0.153. The molecule has 0 atom stereocenters.